The van der Waals surface area contributed by atoms with Crippen LogP contribution in [0.25, 0.3) is 0 Å². The number of nitrogens with one attached hydrogen (secondary N) is 1. The number of rotatable bonds is 5. The van der Waals surface area contributed by atoms with Crippen LogP contribution in [-0.2, 0) is 9.84 Å². The highest BCUT2D eigenvalue weighted by molar-refractivity contribution is 7.93. The minimum atomic E-state index is -3.59. The lowest BCUT2D eigenvalue weighted by Gasteiger charge is -2.28. The zero-order valence-corrected chi connectivity index (χ0v) is 14.8. The summed E-state index contributed by atoms with van der Waals surface area (Å²) in [5.74, 6) is -0.248. The van der Waals surface area contributed by atoms with Crippen LogP contribution in [0.3, 0.4) is 0 Å². The van der Waals surface area contributed by atoms with E-state index < -0.39 is 9.84 Å². The maximum atomic E-state index is 12.6. The van der Waals surface area contributed by atoms with Gasteiger partial charge in [0.05, 0.1) is 15.3 Å². The van der Waals surface area contributed by atoms with Crippen molar-refractivity contribution in [2.75, 3.05) is 6.54 Å². The van der Waals surface area contributed by atoms with Gasteiger partial charge in [-0.05, 0) is 37.1 Å². The Morgan fingerprint density at radius 1 is 1.12 bits per heavy atom. The lowest BCUT2D eigenvalue weighted by atomic mass is 9.98. The monoisotopic (exact) mass is 364 g/mol. The standard InChI is InChI=1S/C17H20N2O3S2/c18-12-17(10-4-5-11-17)19-16(20)14-8-9-15(23-14)24(21,22)13-6-2-1-3-7-13/h1-3,6-9H,4-5,10-12,18H2,(H,19,20). The average Bonchev–Trinajstić information content (AvgIpc) is 3.26. The average molecular weight is 364 g/mol. The third-order valence-corrected chi connectivity index (χ3v) is 7.80. The first kappa shape index (κ1) is 17.1. The van der Waals surface area contributed by atoms with Crippen molar-refractivity contribution < 1.29 is 13.2 Å². The molecule has 0 atom stereocenters. The molecule has 2 aromatic rings. The molecule has 0 bridgehead atoms. The number of sulfone groups is 1. The summed E-state index contributed by atoms with van der Waals surface area (Å²) < 4.78 is 25.4. The van der Waals surface area contributed by atoms with Crippen molar-refractivity contribution >= 4 is 27.1 Å². The highest BCUT2D eigenvalue weighted by atomic mass is 32.2. The van der Waals surface area contributed by atoms with Crippen LogP contribution in [0.2, 0.25) is 0 Å². The molecule has 0 saturated heterocycles. The molecule has 3 N–H and O–H groups in total. The number of thiophene rings is 1. The van der Waals surface area contributed by atoms with Crippen LogP contribution < -0.4 is 11.1 Å². The second kappa shape index (κ2) is 6.66. The molecule has 1 saturated carbocycles. The van der Waals surface area contributed by atoms with E-state index in [1.807, 2.05) is 0 Å². The Morgan fingerprint density at radius 2 is 1.79 bits per heavy atom. The fourth-order valence-corrected chi connectivity index (χ4v) is 5.66. The smallest absolute Gasteiger partial charge is 0.261 e. The fourth-order valence-electron chi connectivity index (χ4n) is 3.04. The van der Waals surface area contributed by atoms with Gasteiger partial charge in [-0.3, -0.25) is 4.79 Å². The number of hydrogen-bond acceptors (Lipinski definition) is 5. The number of hydrogen-bond donors (Lipinski definition) is 2. The molecule has 1 aromatic carbocycles. The topological polar surface area (TPSA) is 89.3 Å². The summed E-state index contributed by atoms with van der Waals surface area (Å²) >= 11 is 0.995. The SMILES string of the molecule is NCC1(NC(=O)c2ccc(S(=O)(=O)c3ccccc3)s2)CCCC1. The van der Waals surface area contributed by atoms with Gasteiger partial charge in [0.2, 0.25) is 9.84 Å². The molecular formula is C17H20N2O3S2. The van der Waals surface area contributed by atoms with Crippen molar-refractivity contribution in [1.82, 2.24) is 5.32 Å². The first-order chi connectivity index (χ1) is 11.5. The van der Waals surface area contributed by atoms with Gasteiger partial charge < -0.3 is 11.1 Å². The van der Waals surface area contributed by atoms with E-state index in [0.717, 1.165) is 37.0 Å². The Hall–Kier alpha value is -1.70. The lowest BCUT2D eigenvalue weighted by molar-refractivity contribution is 0.0907. The summed E-state index contributed by atoms with van der Waals surface area (Å²) in [6.45, 7) is 0.402. The molecule has 0 unspecified atom stereocenters. The first-order valence-corrected chi connectivity index (χ1v) is 10.2. The van der Waals surface area contributed by atoms with Gasteiger partial charge in [0.1, 0.15) is 4.21 Å². The van der Waals surface area contributed by atoms with Crippen LogP contribution >= 0.6 is 11.3 Å². The highest BCUT2D eigenvalue weighted by Gasteiger charge is 2.34. The van der Waals surface area contributed by atoms with Crippen LogP contribution in [0.1, 0.15) is 35.4 Å². The summed E-state index contributed by atoms with van der Waals surface area (Å²) in [6, 6.07) is 11.3. The molecule has 1 aliphatic rings. The molecular weight excluding hydrogens is 344 g/mol. The Morgan fingerprint density at radius 3 is 2.42 bits per heavy atom. The van der Waals surface area contributed by atoms with Crippen LogP contribution in [0, 0.1) is 0 Å². The first-order valence-electron chi connectivity index (χ1n) is 7.89. The van der Waals surface area contributed by atoms with Gasteiger partial charge in [0, 0.05) is 6.54 Å². The zero-order chi connectivity index (χ0) is 17.2. The molecule has 1 aromatic heterocycles. The Balaban J connectivity index is 1.82. The van der Waals surface area contributed by atoms with Gasteiger partial charge in [0.25, 0.3) is 5.91 Å². The quantitative estimate of drug-likeness (QED) is 0.853. The largest absolute Gasteiger partial charge is 0.345 e. The van der Waals surface area contributed by atoms with Gasteiger partial charge in [-0.25, -0.2) is 8.42 Å². The Bertz CT molecular complexity index is 823. The van der Waals surface area contributed by atoms with Gasteiger partial charge >= 0.3 is 0 Å². The molecule has 0 spiro atoms. The molecule has 7 heteroatoms. The maximum absolute atomic E-state index is 12.6. The van der Waals surface area contributed by atoms with Crippen LogP contribution in [-0.4, -0.2) is 26.4 Å². The number of amides is 1. The van der Waals surface area contributed by atoms with Gasteiger partial charge in [-0.1, -0.05) is 31.0 Å². The molecule has 0 radical (unpaired) electrons. The van der Waals surface area contributed by atoms with Crippen molar-refractivity contribution in [3.8, 4) is 0 Å². The molecule has 5 nitrogen and oxygen atoms in total. The minimum absolute atomic E-state index is 0.173. The lowest BCUT2D eigenvalue weighted by Crippen LogP contribution is -2.51. The summed E-state index contributed by atoms with van der Waals surface area (Å²) in [4.78, 5) is 13.1. The molecule has 24 heavy (non-hydrogen) atoms. The highest BCUT2D eigenvalue weighted by Crippen LogP contribution is 2.31. The zero-order valence-electron chi connectivity index (χ0n) is 13.2. The Kier molecular flexibility index (Phi) is 4.76. The van der Waals surface area contributed by atoms with Crippen molar-refractivity contribution in [3.63, 3.8) is 0 Å². The number of carbonyl (C=O) groups excluding carboxylic acids is 1. The number of carbonyl (C=O) groups is 1. The van der Waals surface area contributed by atoms with E-state index in [9.17, 15) is 13.2 Å². The van der Waals surface area contributed by atoms with E-state index in [0.29, 0.717) is 11.4 Å². The molecule has 3 rings (SSSR count). The van der Waals surface area contributed by atoms with Gasteiger partial charge in [-0.2, -0.15) is 0 Å². The second-order valence-electron chi connectivity index (χ2n) is 6.08. The van der Waals surface area contributed by atoms with E-state index in [1.165, 1.54) is 6.07 Å². The summed E-state index contributed by atoms with van der Waals surface area (Å²) in [6.07, 6.45) is 3.84. The van der Waals surface area contributed by atoms with Crippen molar-refractivity contribution in [1.29, 1.82) is 0 Å². The summed E-state index contributed by atoms with van der Waals surface area (Å²) in [5.41, 5.74) is 5.49. The van der Waals surface area contributed by atoms with Crippen LogP contribution in [0.5, 0.6) is 0 Å². The maximum Gasteiger partial charge on any atom is 0.261 e. The molecule has 1 heterocycles. The third kappa shape index (κ3) is 3.24. The van der Waals surface area contributed by atoms with Crippen molar-refractivity contribution in [2.24, 2.45) is 5.73 Å². The van der Waals surface area contributed by atoms with Crippen LogP contribution in [0.4, 0.5) is 0 Å². The number of benzene rings is 1. The van der Waals surface area contributed by atoms with E-state index in [-0.39, 0.29) is 20.6 Å². The third-order valence-electron chi connectivity index (χ3n) is 4.45. The normalized spacial score (nSPS) is 16.9. The van der Waals surface area contributed by atoms with Crippen molar-refractivity contribution in [2.45, 2.75) is 40.3 Å². The second-order valence-corrected chi connectivity index (χ2v) is 9.34. The van der Waals surface area contributed by atoms with Crippen LogP contribution in [0.15, 0.2) is 51.6 Å². The van der Waals surface area contributed by atoms with E-state index in [2.05, 4.69) is 5.32 Å². The minimum Gasteiger partial charge on any atom is -0.345 e. The van der Waals surface area contributed by atoms with Crippen molar-refractivity contribution in [3.05, 3.63) is 47.3 Å². The van der Waals surface area contributed by atoms with E-state index >= 15 is 0 Å². The molecule has 1 amide bonds. The molecule has 0 aliphatic heterocycles. The summed E-state index contributed by atoms with van der Waals surface area (Å²) in [5, 5.41) is 3.01. The molecule has 1 fully saturated rings. The van der Waals surface area contributed by atoms with Gasteiger partial charge in [0.15, 0.2) is 0 Å². The fraction of sp³-hybridized carbons (Fsp3) is 0.353. The summed E-state index contributed by atoms with van der Waals surface area (Å²) in [7, 11) is -3.59. The van der Waals surface area contributed by atoms with Gasteiger partial charge in [-0.15, -0.1) is 11.3 Å². The molecule has 1 aliphatic carbocycles. The Labute approximate surface area is 145 Å². The van der Waals surface area contributed by atoms with E-state index in [1.54, 1.807) is 36.4 Å². The molecule has 128 valence electrons. The predicted octanol–water partition coefficient (Wildman–Crippen LogP) is 2.58. The predicted molar refractivity (Wildman–Crippen MR) is 93.9 cm³/mol. The van der Waals surface area contributed by atoms with E-state index in [4.69, 9.17) is 5.73 Å². The number of nitrogens with two attached hydrogens (primary N) is 1.